The first-order valence-electron chi connectivity index (χ1n) is 9.46. The molecule has 0 radical (unpaired) electrons. The maximum atomic E-state index is 12.6. The van der Waals surface area contributed by atoms with Crippen LogP contribution in [0.2, 0.25) is 0 Å². The number of thiazole rings is 1. The van der Waals surface area contributed by atoms with Crippen molar-refractivity contribution in [3.8, 4) is 0 Å². The Hall–Kier alpha value is -2.58. The van der Waals surface area contributed by atoms with Gasteiger partial charge in [0, 0.05) is 24.3 Å². The van der Waals surface area contributed by atoms with E-state index in [9.17, 15) is 9.59 Å². The van der Waals surface area contributed by atoms with Gasteiger partial charge in [0.15, 0.2) is 5.13 Å². The van der Waals surface area contributed by atoms with Gasteiger partial charge in [-0.2, -0.15) is 0 Å². The maximum absolute atomic E-state index is 12.6. The lowest BCUT2D eigenvalue weighted by Gasteiger charge is -2.29. The van der Waals surface area contributed by atoms with Crippen LogP contribution < -0.4 is 10.9 Å². The van der Waals surface area contributed by atoms with Gasteiger partial charge >= 0.3 is 0 Å². The first-order valence-corrected chi connectivity index (χ1v) is 10.3. The van der Waals surface area contributed by atoms with Gasteiger partial charge in [0.2, 0.25) is 0 Å². The maximum Gasteiger partial charge on any atom is 0.270 e. The minimum absolute atomic E-state index is 0.00451. The van der Waals surface area contributed by atoms with E-state index < -0.39 is 5.91 Å². The summed E-state index contributed by atoms with van der Waals surface area (Å²) in [4.78, 5) is 36.4. The molecule has 4 heterocycles. The number of pyridine rings is 1. The summed E-state index contributed by atoms with van der Waals surface area (Å²) in [5.74, 6) is 0.307. The predicted octanol–water partition coefficient (Wildman–Crippen LogP) is 2.94. The molecule has 4 rings (SSSR count). The van der Waals surface area contributed by atoms with E-state index in [0.29, 0.717) is 10.8 Å². The zero-order valence-corrected chi connectivity index (χ0v) is 16.8. The molecule has 3 aromatic heterocycles. The van der Waals surface area contributed by atoms with Crippen molar-refractivity contribution in [2.75, 3.05) is 18.4 Å². The largest absolute Gasteiger partial charge is 0.298 e. The normalized spacial score (nSPS) is 15.8. The van der Waals surface area contributed by atoms with Crippen LogP contribution in [0.15, 0.2) is 34.7 Å². The van der Waals surface area contributed by atoms with Crippen LogP contribution in [0.4, 0.5) is 5.13 Å². The summed E-state index contributed by atoms with van der Waals surface area (Å²) in [5.41, 5.74) is 2.00. The fourth-order valence-electron chi connectivity index (χ4n) is 3.39. The van der Waals surface area contributed by atoms with E-state index in [1.165, 1.54) is 34.8 Å². The lowest BCUT2D eigenvalue weighted by atomic mass is 9.99. The van der Waals surface area contributed by atoms with Crippen molar-refractivity contribution < 1.29 is 4.79 Å². The number of piperidine rings is 1. The molecule has 146 valence electrons. The van der Waals surface area contributed by atoms with Gasteiger partial charge in [-0.15, -0.1) is 11.3 Å². The molecule has 3 aromatic rings. The summed E-state index contributed by atoms with van der Waals surface area (Å²) in [6, 6.07) is 3.63. The Bertz CT molecular complexity index is 1070. The molecular formula is C20H23N5O2S. The summed E-state index contributed by atoms with van der Waals surface area (Å²) in [7, 11) is 0. The lowest BCUT2D eigenvalue weighted by Crippen LogP contribution is -2.32. The number of carbonyl (C=O) groups is 1. The Labute approximate surface area is 167 Å². The lowest BCUT2D eigenvalue weighted by molar-refractivity contribution is 0.102. The summed E-state index contributed by atoms with van der Waals surface area (Å²) >= 11 is 1.37. The van der Waals surface area contributed by atoms with Crippen molar-refractivity contribution in [2.24, 2.45) is 5.92 Å². The molecule has 0 aromatic carbocycles. The summed E-state index contributed by atoms with van der Waals surface area (Å²) < 4.78 is 1.40. The number of amides is 1. The Kier molecular flexibility index (Phi) is 5.23. The molecule has 1 fully saturated rings. The van der Waals surface area contributed by atoms with Crippen molar-refractivity contribution in [2.45, 2.75) is 33.2 Å². The molecule has 28 heavy (non-hydrogen) atoms. The third kappa shape index (κ3) is 3.98. The molecule has 1 amide bonds. The zero-order valence-electron chi connectivity index (χ0n) is 16.0. The molecule has 7 nitrogen and oxygen atoms in total. The quantitative estimate of drug-likeness (QED) is 0.732. The monoisotopic (exact) mass is 397 g/mol. The number of aryl methyl sites for hydroxylation is 1. The van der Waals surface area contributed by atoms with Gasteiger partial charge in [0.25, 0.3) is 11.5 Å². The number of fused-ring (bicyclic) bond motifs is 1. The van der Waals surface area contributed by atoms with E-state index >= 15 is 0 Å². The first-order chi connectivity index (χ1) is 13.5. The predicted molar refractivity (Wildman–Crippen MR) is 110 cm³/mol. The number of anilines is 1. The van der Waals surface area contributed by atoms with E-state index in [2.05, 4.69) is 27.1 Å². The van der Waals surface area contributed by atoms with Gasteiger partial charge in [0.05, 0.1) is 5.69 Å². The van der Waals surface area contributed by atoms with E-state index in [-0.39, 0.29) is 11.1 Å². The van der Waals surface area contributed by atoms with Crippen LogP contribution in [0.3, 0.4) is 0 Å². The van der Waals surface area contributed by atoms with Gasteiger partial charge in [-0.25, -0.2) is 9.97 Å². The van der Waals surface area contributed by atoms with Crippen LogP contribution in [-0.4, -0.2) is 38.3 Å². The van der Waals surface area contributed by atoms with Crippen molar-refractivity contribution in [3.63, 3.8) is 0 Å². The Morgan fingerprint density at radius 2 is 2.11 bits per heavy atom. The van der Waals surface area contributed by atoms with Crippen molar-refractivity contribution in [3.05, 3.63) is 57.1 Å². The van der Waals surface area contributed by atoms with Gasteiger partial charge in [-0.05, 0) is 50.4 Å². The smallest absolute Gasteiger partial charge is 0.270 e. The average molecular weight is 398 g/mol. The van der Waals surface area contributed by atoms with Crippen LogP contribution in [0.1, 0.15) is 41.4 Å². The van der Waals surface area contributed by atoms with Crippen molar-refractivity contribution in [1.29, 1.82) is 0 Å². The first kappa shape index (κ1) is 18.8. The van der Waals surface area contributed by atoms with E-state index in [1.54, 1.807) is 12.3 Å². The zero-order chi connectivity index (χ0) is 19.7. The van der Waals surface area contributed by atoms with E-state index in [4.69, 9.17) is 0 Å². The molecule has 0 spiro atoms. The molecule has 0 atom stereocenters. The highest BCUT2D eigenvalue weighted by atomic mass is 32.1. The van der Waals surface area contributed by atoms with Gasteiger partial charge < -0.3 is 0 Å². The molecule has 0 bridgehead atoms. The number of hydrogen-bond donors (Lipinski definition) is 1. The molecular weight excluding hydrogens is 374 g/mol. The van der Waals surface area contributed by atoms with Crippen molar-refractivity contribution in [1.82, 2.24) is 19.3 Å². The molecule has 0 aliphatic carbocycles. The fraction of sp³-hybridized carbons (Fsp3) is 0.400. The Balaban J connectivity index is 1.47. The van der Waals surface area contributed by atoms with Gasteiger partial charge in [-0.3, -0.25) is 24.2 Å². The highest BCUT2D eigenvalue weighted by Gasteiger charge is 2.18. The second-order valence-electron chi connectivity index (χ2n) is 7.47. The van der Waals surface area contributed by atoms with E-state index in [0.717, 1.165) is 36.8 Å². The summed E-state index contributed by atoms with van der Waals surface area (Å²) in [6.45, 7) is 7.13. The van der Waals surface area contributed by atoms with Crippen LogP contribution in [0, 0.1) is 12.8 Å². The van der Waals surface area contributed by atoms with Crippen LogP contribution >= 0.6 is 11.3 Å². The molecule has 1 aliphatic rings. The number of hydrogen-bond acceptors (Lipinski definition) is 6. The van der Waals surface area contributed by atoms with Crippen LogP contribution in [0.5, 0.6) is 0 Å². The summed E-state index contributed by atoms with van der Waals surface area (Å²) in [5, 5.41) is 5.20. The van der Waals surface area contributed by atoms with Gasteiger partial charge in [-0.1, -0.05) is 13.0 Å². The number of nitrogens with zero attached hydrogens (tertiary/aromatic N) is 4. The van der Waals surface area contributed by atoms with Crippen LogP contribution in [0.25, 0.3) is 5.65 Å². The number of carbonyl (C=O) groups excluding carboxylic acids is 1. The third-order valence-electron chi connectivity index (χ3n) is 5.13. The number of rotatable bonds is 4. The second kappa shape index (κ2) is 7.81. The second-order valence-corrected chi connectivity index (χ2v) is 8.33. The Morgan fingerprint density at radius 1 is 1.32 bits per heavy atom. The molecule has 1 N–H and O–H groups in total. The topological polar surface area (TPSA) is 79.6 Å². The molecule has 1 aliphatic heterocycles. The van der Waals surface area contributed by atoms with Crippen molar-refractivity contribution >= 4 is 28.0 Å². The minimum Gasteiger partial charge on any atom is -0.298 e. The highest BCUT2D eigenvalue weighted by Crippen LogP contribution is 2.21. The molecule has 0 saturated carbocycles. The number of nitrogens with one attached hydrogen (secondary N) is 1. The molecule has 1 saturated heterocycles. The number of aromatic nitrogens is 3. The SMILES string of the molecule is Cc1ccc2ncc(C(=O)Nc3nc(CN4CCC(C)CC4)cs3)c(=O)n2c1. The highest BCUT2D eigenvalue weighted by molar-refractivity contribution is 7.13. The van der Waals surface area contributed by atoms with E-state index in [1.807, 2.05) is 18.4 Å². The third-order valence-corrected chi connectivity index (χ3v) is 5.94. The fourth-order valence-corrected chi connectivity index (χ4v) is 4.09. The Morgan fingerprint density at radius 3 is 2.89 bits per heavy atom. The summed E-state index contributed by atoms with van der Waals surface area (Å²) in [6.07, 6.45) is 5.44. The standard InChI is InChI=1S/C20H23N5O2S/c1-13-5-7-24(8-6-13)11-15-12-28-20(22-15)23-18(26)16-9-21-17-4-3-14(2)10-25(17)19(16)27/h3-4,9-10,12-13H,5-8,11H2,1-2H3,(H,22,23,26). The minimum atomic E-state index is -0.485. The van der Waals surface area contributed by atoms with Crippen LogP contribution in [-0.2, 0) is 6.54 Å². The van der Waals surface area contributed by atoms with Gasteiger partial charge in [0.1, 0.15) is 11.2 Å². The molecule has 0 unspecified atom stereocenters. The number of likely N-dealkylation sites (tertiary alicyclic amines) is 1. The molecule has 8 heteroatoms. The average Bonchev–Trinajstić information content (AvgIpc) is 3.11.